The van der Waals surface area contributed by atoms with Gasteiger partial charge in [-0.25, -0.2) is 9.13 Å². The Kier molecular flexibility index (Phi) is 11.1. The van der Waals surface area contributed by atoms with Gasteiger partial charge in [0.25, 0.3) is 0 Å². The van der Waals surface area contributed by atoms with E-state index in [2.05, 4.69) is 0 Å². The number of rotatable bonds is 14. The Hall–Kier alpha value is 0.220. The molecule has 0 spiro atoms. The lowest BCUT2D eigenvalue weighted by Gasteiger charge is -2.40. The summed E-state index contributed by atoms with van der Waals surface area (Å²) in [6, 6.07) is 0. The van der Waals surface area contributed by atoms with E-state index in [9.17, 15) is 28.7 Å². The molecule has 0 amide bonds. The molecule has 0 saturated heterocycles. The molecule has 0 fully saturated rings. The van der Waals surface area contributed by atoms with Crippen LogP contribution in [0.1, 0.15) is 78.6 Å². The molecule has 0 aliphatic rings. The standard InChI is InChI=1S/C14H32O8P2/c1-4-7-10-13(21-23(15,16)17)14(11-8-5-2,12-9-6-3)22-24(18,19)20/h13H,4-12H2,1-3H3,(H2,15,16,17)(H2,18,19,20). The molecule has 0 aliphatic carbocycles. The van der Waals surface area contributed by atoms with Crippen molar-refractivity contribution < 1.29 is 37.8 Å². The molecule has 0 bridgehead atoms. The van der Waals surface area contributed by atoms with Gasteiger partial charge in [-0.15, -0.1) is 0 Å². The van der Waals surface area contributed by atoms with Gasteiger partial charge in [0.1, 0.15) is 5.60 Å². The molecule has 0 saturated carbocycles. The Morgan fingerprint density at radius 3 is 1.62 bits per heavy atom. The molecule has 24 heavy (non-hydrogen) atoms. The van der Waals surface area contributed by atoms with Crippen LogP contribution in [-0.2, 0) is 18.2 Å². The molecule has 0 heterocycles. The Bertz CT molecular complexity index is 422. The van der Waals surface area contributed by atoms with Crippen molar-refractivity contribution in [2.24, 2.45) is 0 Å². The summed E-state index contributed by atoms with van der Waals surface area (Å²) in [4.78, 5) is 37.2. The van der Waals surface area contributed by atoms with Crippen LogP contribution in [0.4, 0.5) is 0 Å². The zero-order chi connectivity index (χ0) is 18.9. The van der Waals surface area contributed by atoms with Gasteiger partial charge in [0.05, 0.1) is 6.10 Å². The van der Waals surface area contributed by atoms with E-state index >= 15 is 0 Å². The third-order valence-corrected chi connectivity index (χ3v) is 5.01. The molecule has 1 unspecified atom stereocenters. The first-order valence-corrected chi connectivity index (χ1v) is 11.6. The van der Waals surface area contributed by atoms with Crippen LogP contribution in [0.2, 0.25) is 0 Å². The van der Waals surface area contributed by atoms with Gasteiger partial charge in [0.2, 0.25) is 0 Å². The lowest BCUT2D eigenvalue weighted by Crippen LogP contribution is -2.45. The van der Waals surface area contributed by atoms with Crippen LogP contribution in [-0.4, -0.2) is 31.3 Å². The molecule has 10 heteroatoms. The van der Waals surface area contributed by atoms with Gasteiger partial charge in [-0.05, 0) is 19.3 Å². The molecule has 0 aliphatic heterocycles. The number of hydrogen-bond acceptors (Lipinski definition) is 4. The van der Waals surface area contributed by atoms with Crippen molar-refractivity contribution in [2.75, 3.05) is 0 Å². The SMILES string of the molecule is CCCCC(OP(=O)(O)O)C(CCCC)(CCCC)OP(=O)(O)O. The predicted molar refractivity (Wildman–Crippen MR) is 91.4 cm³/mol. The van der Waals surface area contributed by atoms with Crippen LogP contribution >= 0.6 is 15.6 Å². The van der Waals surface area contributed by atoms with Crippen LogP contribution in [0, 0.1) is 0 Å². The maximum Gasteiger partial charge on any atom is 0.470 e. The lowest BCUT2D eigenvalue weighted by molar-refractivity contribution is -0.0822. The Morgan fingerprint density at radius 2 is 1.29 bits per heavy atom. The van der Waals surface area contributed by atoms with Crippen LogP contribution < -0.4 is 0 Å². The van der Waals surface area contributed by atoms with Gasteiger partial charge in [-0.1, -0.05) is 59.3 Å². The summed E-state index contributed by atoms with van der Waals surface area (Å²) in [6.07, 6.45) is 3.81. The summed E-state index contributed by atoms with van der Waals surface area (Å²) < 4.78 is 33.0. The molecular formula is C14H32O8P2. The van der Waals surface area contributed by atoms with E-state index in [1.807, 2.05) is 20.8 Å². The summed E-state index contributed by atoms with van der Waals surface area (Å²) in [7, 11) is -9.67. The van der Waals surface area contributed by atoms with Crippen molar-refractivity contribution in [2.45, 2.75) is 90.3 Å². The second-order valence-electron chi connectivity index (χ2n) is 6.08. The molecule has 0 rings (SSSR count). The highest BCUT2D eigenvalue weighted by Crippen LogP contribution is 2.51. The number of unbranched alkanes of at least 4 members (excludes halogenated alkanes) is 3. The highest BCUT2D eigenvalue weighted by Gasteiger charge is 2.46. The topological polar surface area (TPSA) is 134 Å². The molecule has 0 radical (unpaired) electrons. The van der Waals surface area contributed by atoms with E-state index in [4.69, 9.17) is 9.05 Å². The van der Waals surface area contributed by atoms with Gasteiger partial charge in [-0.3, -0.25) is 9.05 Å². The van der Waals surface area contributed by atoms with Gasteiger partial charge >= 0.3 is 15.6 Å². The second-order valence-corrected chi connectivity index (χ2v) is 8.44. The van der Waals surface area contributed by atoms with E-state index in [1.54, 1.807) is 0 Å². The minimum Gasteiger partial charge on any atom is -0.303 e. The summed E-state index contributed by atoms with van der Waals surface area (Å²) >= 11 is 0. The molecule has 0 aromatic rings. The van der Waals surface area contributed by atoms with E-state index in [0.717, 1.165) is 19.3 Å². The first-order chi connectivity index (χ1) is 11.0. The Labute approximate surface area is 144 Å². The number of phosphoric ester groups is 2. The second kappa shape index (κ2) is 11.0. The Balaban J connectivity index is 5.77. The zero-order valence-electron chi connectivity index (χ0n) is 14.8. The minimum absolute atomic E-state index is 0.259. The molecule has 4 N–H and O–H groups in total. The highest BCUT2D eigenvalue weighted by atomic mass is 31.2. The fourth-order valence-corrected chi connectivity index (χ4v) is 4.16. The smallest absolute Gasteiger partial charge is 0.303 e. The first kappa shape index (κ1) is 24.2. The molecule has 8 nitrogen and oxygen atoms in total. The maximum absolute atomic E-state index is 11.5. The van der Waals surface area contributed by atoms with E-state index < -0.39 is 27.4 Å². The molecule has 1 atom stereocenters. The van der Waals surface area contributed by atoms with Crippen molar-refractivity contribution in [3.05, 3.63) is 0 Å². The fourth-order valence-electron chi connectivity index (χ4n) is 2.75. The van der Waals surface area contributed by atoms with Crippen molar-refractivity contribution in [3.8, 4) is 0 Å². The molecule has 0 aromatic heterocycles. The zero-order valence-corrected chi connectivity index (χ0v) is 16.5. The third kappa shape index (κ3) is 10.3. The van der Waals surface area contributed by atoms with Crippen LogP contribution in [0.15, 0.2) is 0 Å². The largest absolute Gasteiger partial charge is 0.470 e. The number of hydrogen-bond donors (Lipinski definition) is 4. The average molecular weight is 390 g/mol. The Morgan fingerprint density at radius 1 is 0.833 bits per heavy atom. The van der Waals surface area contributed by atoms with E-state index in [-0.39, 0.29) is 19.3 Å². The van der Waals surface area contributed by atoms with E-state index in [1.165, 1.54) is 0 Å². The number of phosphoric acid groups is 2. The summed E-state index contributed by atoms with van der Waals surface area (Å²) in [5, 5.41) is 0. The monoisotopic (exact) mass is 390 g/mol. The molecular weight excluding hydrogens is 358 g/mol. The maximum atomic E-state index is 11.5. The van der Waals surface area contributed by atoms with Crippen molar-refractivity contribution in [1.29, 1.82) is 0 Å². The van der Waals surface area contributed by atoms with Gasteiger partial charge in [0, 0.05) is 0 Å². The van der Waals surface area contributed by atoms with Crippen molar-refractivity contribution in [1.82, 2.24) is 0 Å². The predicted octanol–water partition coefficient (Wildman–Crippen LogP) is 3.88. The van der Waals surface area contributed by atoms with Gasteiger partial charge in [0.15, 0.2) is 0 Å². The first-order valence-electron chi connectivity index (χ1n) is 8.50. The lowest BCUT2D eigenvalue weighted by atomic mass is 9.83. The van der Waals surface area contributed by atoms with Gasteiger partial charge in [-0.2, -0.15) is 0 Å². The molecule has 0 aromatic carbocycles. The van der Waals surface area contributed by atoms with Crippen LogP contribution in [0.5, 0.6) is 0 Å². The van der Waals surface area contributed by atoms with Crippen molar-refractivity contribution in [3.63, 3.8) is 0 Å². The van der Waals surface area contributed by atoms with Crippen LogP contribution in [0.3, 0.4) is 0 Å². The minimum atomic E-state index is -4.85. The summed E-state index contributed by atoms with van der Waals surface area (Å²) in [6.45, 7) is 5.76. The fraction of sp³-hybridized carbons (Fsp3) is 1.00. The van der Waals surface area contributed by atoms with Crippen LogP contribution in [0.25, 0.3) is 0 Å². The summed E-state index contributed by atoms with van der Waals surface area (Å²) in [5.41, 5.74) is -1.42. The van der Waals surface area contributed by atoms with E-state index in [0.29, 0.717) is 19.3 Å². The molecule has 146 valence electrons. The average Bonchev–Trinajstić information content (AvgIpc) is 2.44. The normalized spacial score (nSPS) is 14.8. The third-order valence-electron chi connectivity index (χ3n) is 3.88. The quantitative estimate of drug-likeness (QED) is 0.328. The van der Waals surface area contributed by atoms with Gasteiger partial charge < -0.3 is 19.6 Å². The van der Waals surface area contributed by atoms with Crippen molar-refractivity contribution >= 4 is 15.6 Å². The summed E-state index contributed by atoms with van der Waals surface area (Å²) in [5.74, 6) is 0. The highest BCUT2D eigenvalue weighted by molar-refractivity contribution is 7.46.